The summed E-state index contributed by atoms with van der Waals surface area (Å²) in [6.45, 7) is -0.203. The summed E-state index contributed by atoms with van der Waals surface area (Å²) in [5, 5.41) is 27.7. The second kappa shape index (κ2) is 11.4. The van der Waals surface area contributed by atoms with Gasteiger partial charge in [-0.3, -0.25) is 14.7 Å². The number of carbonyl (C=O) groups is 2. The van der Waals surface area contributed by atoms with E-state index in [0.29, 0.717) is 23.8 Å². The highest BCUT2D eigenvalue weighted by molar-refractivity contribution is 5.83. The zero-order valence-electron chi connectivity index (χ0n) is 17.6. The fourth-order valence-corrected chi connectivity index (χ4v) is 3.19. The van der Waals surface area contributed by atoms with Gasteiger partial charge in [0, 0.05) is 41.3 Å². The fraction of sp³-hybridized carbons (Fsp3) is 0.190. The van der Waals surface area contributed by atoms with E-state index in [2.05, 4.69) is 35.8 Å². The highest BCUT2D eigenvalue weighted by atomic mass is 19.1. The van der Waals surface area contributed by atoms with Crippen molar-refractivity contribution in [2.45, 2.75) is 25.3 Å². The van der Waals surface area contributed by atoms with Gasteiger partial charge in [-0.05, 0) is 36.6 Å². The van der Waals surface area contributed by atoms with Gasteiger partial charge in [-0.2, -0.15) is 10.1 Å². The van der Waals surface area contributed by atoms with E-state index in [0.717, 1.165) is 35.7 Å². The minimum Gasteiger partial charge on any atom is -0.483 e. The molecule has 0 bridgehead atoms. The number of nitrogens with zero attached hydrogens (tertiary/aromatic N) is 3. The number of hydrogen-bond acceptors (Lipinski definition) is 7. The van der Waals surface area contributed by atoms with Crippen molar-refractivity contribution in [2.75, 3.05) is 10.6 Å². The average Bonchev–Trinajstić information content (AvgIpc) is 3.36. The molecule has 0 saturated heterocycles. The van der Waals surface area contributed by atoms with Crippen LogP contribution >= 0.6 is 0 Å². The summed E-state index contributed by atoms with van der Waals surface area (Å²) >= 11 is 0. The SMILES string of the molecule is Fc1cc(CNc2ncc(F)c(Nc3cc(C4CC4)[nH]n3)n2)c2cc[nH]c2c1.O=CO.O=CO. The summed E-state index contributed by atoms with van der Waals surface area (Å²) in [5.41, 5.74) is 2.50. The Hall–Kier alpha value is -4.55. The number of aromatic nitrogens is 5. The molecule has 3 heterocycles. The van der Waals surface area contributed by atoms with Crippen LogP contribution in [0, 0.1) is 11.6 Å². The highest BCUT2D eigenvalue weighted by Gasteiger charge is 2.25. The van der Waals surface area contributed by atoms with E-state index < -0.39 is 5.82 Å². The summed E-state index contributed by atoms with van der Waals surface area (Å²) < 4.78 is 27.9. The molecule has 1 saturated carbocycles. The van der Waals surface area contributed by atoms with Gasteiger partial charge in [0.1, 0.15) is 5.82 Å². The second-order valence-electron chi connectivity index (χ2n) is 7.07. The van der Waals surface area contributed by atoms with Crippen LogP contribution in [0.1, 0.15) is 30.0 Å². The van der Waals surface area contributed by atoms with Crippen LogP contribution < -0.4 is 10.6 Å². The number of aromatic amines is 2. The van der Waals surface area contributed by atoms with Gasteiger partial charge < -0.3 is 25.8 Å². The van der Waals surface area contributed by atoms with Crippen molar-refractivity contribution >= 4 is 41.4 Å². The Labute approximate surface area is 191 Å². The Morgan fingerprint density at radius 1 is 1.15 bits per heavy atom. The molecular weight excluding hydrogens is 452 g/mol. The molecule has 13 heteroatoms. The summed E-state index contributed by atoms with van der Waals surface area (Å²) in [7, 11) is 0. The Balaban J connectivity index is 0.000000492. The first kappa shape index (κ1) is 24.1. The van der Waals surface area contributed by atoms with Crippen LogP contribution in [0.5, 0.6) is 0 Å². The molecule has 1 aliphatic rings. The largest absolute Gasteiger partial charge is 0.483 e. The number of halogens is 2. The van der Waals surface area contributed by atoms with E-state index in [9.17, 15) is 8.78 Å². The maximum absolute atomic E-state index is 14.1. The van der Waals surface area contributed by atoms with E-state index >= 15 is 0 Å². The minimum absolute atomic E-state index is 0.0254. The van der Waals surface area contributed by atoms with E-state index in [1.807, 2.05) is 12.1 Å². The number of benzene rings is 1. The highest BCUT2D eigenvalue weighted by Crippen LogP contribution is 2.39. The van der Waals surface area contributed by atoms with Crippen molar-refractivity contribution in [3.05, 3.63) is 59.6 Å². The lowest BCUT2D eigenvalue weighted by Crippen LogP contribution is -2.07. The normalized spacial score (nSPS) is 12.1. The molecule has 0 amide bonds. The number of rotatable bonds is 6. The van der Waals surface area contributed by atoms with E-state index in [1.54, 1.807) is 6.20 Å². The Morgan fingerprint density at radius 3 is 2.59 bits per heavy atom. The first-order chi connectivity index (χ1) is 16.5. The van der Waals surface area contributed by atoms with Crippen LogP contribution in [-0.4, -0.2) is 48.3 Å². The first-order valence-electron chi connectivity index (χ1n) is 9.99. The van der Waals surface area contributed by atoms with Crippen molar-refractivity contribution in [1.82, 2.24) is 25.1 Å². The van der Waals surface area contributed by atoms with Gasteiger partial charge in [0.25, 0.3) is 12.9 Å². The lowest BCUT2D eigenvalue weighted by Gasteiger charge is -2.09. The zero-order valence-corrected chi connectivity index (χ0v) is 17.6. The molecule has 0 unspecified atom stereocenters. The van der Waals surface area contributed by atoms with Gasteiger partial charge in [0.15, 0.2) is 17.5 Å². The maximum atomic E-state index is 14.1. The third-order valence-electron chi connectivity index (χ3n) is 4.76. The molecule has 3 aromatic heterocycles. The van der Waals surface area contributed by atoms with Crippen LogP contribution in [-0.2, 0) is 16.1 Å². The van der Waals surface area contributed by atoms with Gasteiger partial charge in [0.2, 0.25) is 5.95 Å². The molecule has 4 aromatic rings. The summed E-state index contributed by atoms with van der Waals surface area (Å²) in [6, 6.07) is 6.63. The number of anilines is 3. The average molecular weight is 473 g/mol. The Morgan fingerprint density at radius 2 is 1.88 bits per heavy atom. The molecule has 0 atom stereocenters. The van der Waals surface area contributed by atoms with Gasteiger partial charge in [-0.25, -0.2) is 13.8 Å². The van der Waals surface area contributed by atoms with Crippen LogP contribution in [0.25, 0.3) is 10.9 Å². The zero-order chi connectivity index (χ0) is 24.5. The van der Waals surface area contributed by atoms with E-state index in [1.165, 1.54) is 12.1 Å². The molecule has 34 heavy (non-hydrogen) atoms. The van der Waals surface area contributed by atoms with E-state index in [-0.39, 0.29) is 30.5 Å². The number of carboxylic acid groups (broad SMARTS) is 2. The van der Waals surface area contributed by atoms with Gasteiger partial charge in [0.05, 0.1) is 6.20 Å². The molecule has 6 N–H and O–H groups in total. The van der Waals surface area contributed by atoms with Crippen molar-refractivity contribution < 1.29 is 28.6 Å². The number of hydrogen-bond donors (Lipinski definition) is 6. The quantitative estimate of drug-likeness (QED) is 0.229. The van der Waals surface area contributed by atoms with E-state index in [4.69, 9.17) is 19.8 Å². The summed E-state index contributed by atoms with van der Waals surface area (Å²) in [6.07, 6.45) is 5.13. The molecule has 1 fully saturated rings. The molecule has 1 aromatic carbocycles. The predicted molar refractivity (Wildman–Crippen MR) is 119 cm³/mol. The predicted octanol–water partition coefficient (Wildman–Crippen LogP) is 3.59. The maximum Gasteiger partial charge on any atom is 0.290 e. The number of fused-ring (bicyclic) bond motifs is 1. The van der Waals surface area contributed by atoms with Gasteiger partial charge in [-0.15, -0.1) is 0 Å². The molecule has 0 aliphatic heterocycles. The van der Waals surface area contributed by atoms with Crippen molar-refractivity contribution in [3.63, 3.8) is 0 Å². The Kier molecular flexibility index (Phi) is 8.05. The van der Waals surface area contributed by atoms with Crippen molar-refractivity contribution in [3.8, 4) is 0 Å². The second-order valence-corrected chi connectivity index (χ2v) is 7.07. The van der Waals surface area contributed by atoms with Crippen LogP contribution in [0.15, 0.2) is 36.7 Å². The lowest BCUT2D eigenvalue weighted by molar-refractivity contribution is -0.123. The van der Waals surface area contributed by atoms with Crippen LogP contribution in [0.4, 0.5) is 26.4 Å². The smallest absolute Gasteiger partial charge is 0.290 e. The fourth-order valence-electron chi connectivity index (χ4n) is 3.19. The third kappa shape index (κ3) is 6.25. The van der Waals surface area contributed by atoms with Gasteiger partial charge >= 0.3 is 0 Å². The van der Waals surface area contributed by atoms with Crippen LogP contribution in [0.3, 0.4) is 0 Å². The molecule has 178 valence electrons. The van der Waals surface area contributed by atoms with Crippen LogP contribution in [0.2, 0.25) is 0 Å². The van der Waals surface area contributed by atoms with Gasteiger partial charge in [-0.1, -0.05) is 0 Å². The molecule has 1 aliphatic carbocycles. The molecule has 11 nitrogen and oxygen atoms in total. The topological polar surface area (TPSA) is 169 Å². The molecule has 0 radical (unpaired) electrons. The van der Waals surface area contributed by atoms with Crippen molar-refractivity contribution in [2.24, 2.45) is 0 Å². The molecule has 0 spiro atoms. The van der Waals surface area contributed by atoms with Crippen molar-refractivity contribution in [1.29, 1.82) is 0 Å². The Bertz CT molecular complexity index is 1250. The summed E-state index contributed by atoms with van der Waals surface area (Å²) in [5.74, 6) is 0.364. The third-order valence-corrected chi connectivity index (χ3v) is 4.76. The standard InChI is InChI=1S/C19H17F2N7.2CH2O2/c20-12-5-11(13-3-4-22-16(13)6-12)8-23-19-24-9-14(21)18(26-19)25-17-7-15(27-28-17)10-1-2-10;2*2-1-3/h3-7,9-10,22H,1-2,8H2,(H3,23,24,25,26,27,28);2*1H,(H,2,3). The first-order valence-corrected chi connectivity index (χ1v) is 9.99. The molecular formula is C21H21F2N7O4. The number of nitrogens with one attached hydrogen (secondary N) is 4. The minimum atomic E-state index is -0.583. The molecule has 5 rings (SSSR count). The lowest BCUT2D eigenvalue weighted by atomic mass is 10.1. The number of H-pyrrole nitrogens is 2. The monoisotopic (exact) mass is 473 g/mol. The summed E-state index contributed by atoms with van der Waals surface area (Å²) in [4.78, 5) is 27.9.